The van der Waals surface area contributed by atoms with E-state index in [1.807, 2.05) is 0 Å². The summed E-state index contributed by atoms with van der Waals surface area (Å²) in [6.07, 6.45) is 1.59. The van der Waals surface area contributed by atoms with Crippen LogP contribution >= 0.6 is 0 Å². The molecule has 0 heterocycles. The maximum absolute atomic E-state index is 11.3. The van der Waals surface area contributed by atoms with Gasteiger partial charge in [0.25, 0.3) is 0 Å². The number of nitrogens with one attached hydrogen (secondary N) is 2. The van der Waals surface area contributed by atoms with Crippen molar-refractivity contribution >= 4 is 15.7 Å². The molecule has 0 saturated heterocycles. The molecular formula is C13H20N2O4S. The molecule has 0 atom stereocenters. The minimum atomic E-state index is -3.18. The lowest BCUT2D eigenvalue weighted by Gasteiger charge is -2.08. The average molecular weight is 300 g/mol. The van der Waals surface area contributed by atoms with Crippen LogP contribution in [-0.2, 0) is 14.6 Å². The normalized spacial score (nSPS) is 11.1. The summed E-state index contributed by atoms with van der Waals surface area (Å²) in [5.74, 6) is 0.539. The number of hydrogen-bond donors (Lipinski definition) is 2. The summed E-state index contributed by atoms with van der Waals surface area (Å²) in [4.78, 5) is 11.5. The van der Waals surface area contributed by atoms with Gasteiger partial charge in [-0.2, -0.15) is 0 Å². The van der Waals surface area contributed by atoms with Gasteiger partial charge in [-0.25, -0.2) is 8.42 Å². The second-order valence-electron chi connectivity index (χ2n) is 4.30. The Morgan fingerprint density at radius 2 is 1.85 bits per heavy atom. The predicted octanol–water partition coefficient (Wildman–Crippen LogP) is 0.195. The Morgan fingerprint density at radius 3 is 2.40 bits per heavy atom. The van der Waals surface area contributed by atoms with E-state index in [4.69, 9.17) is 4.74 Å². The number of hydrogen-bond acceptors (Lipinski definition) is 5. The Bertz CT molecular complexity index is 526. The van der Waals surface area contributed by atoms with Gasteiger partial charge in [-0.1, -0.05) is 0 Å². The van der Waals surface area contributed by atoms with E-state index in [1.54, 1.807) is 19.2 Å². The first-order valence-electron chi connectivity index (χ1n) is 6.27. The Labute approximate surface area is 119 Å². The fourth-order valence-electron chi connectivity index (χ4n) is 1.47. The molecule has 7 heteroatoms. The summed E-state index contributed by atoms with van der Waals surface area (Å²) in [5, 5.41) is 5.61. The van der Waals surface area contributed by atoms with Crippen LogP contribution in [-0.4, -0.2) is 47.3 Å². The number of carbonyl (C=O) groups is 1. The number of amides is 1. The minimum absolute atomic E-state index is 0.0321. The van der Waals surface area contributed by atoms with Crippen molar-refractivity contribution in [2.24, 2.45) is 0 Å². The smallest absolute Gasteiger partial charge is 0.221 e. The SMILES string of the molecule is CNCCC(=O)NCCOc1ccc(S(C)(=O)=O)cc1. The first kappa shape index (κ1) is 16.5. The Kier molecular flexibility index (Phi) is 6.47. The van der Waals surface area contributed by atoms with Gasteiger partial charge in [-0.05, 0) is 31.3 Å². The highest BCUT2D eigenvalue weighted by atomic mass is 32.2. The first-order chi connectivity index (χ1) is 9.43. The molecule has 20 heavy (non-hydrogen) atoms. The fraction of sp³-hybridized carbons (Fsp3) is 0.462. The number of benzene rings is 1. The topological polar surface area (TPSA) is 84.5 Å². The van der Waals surface area contributed by atoms with Crippen molar-refractivity contribution in [3.63, 3.8) is 0 Å². The molecule has 1 aromatic rings. The third-order valence-corrected chi connectivity index (χ3v) is 3.68. The van der Waals surface area contributed by atoms with Crippen LogP contribution in [0, 0.1) is 0 Å². The number of rotatable bonds is 8. The second kappa shape index (κ2) is 7.86. The van der Waals surface area contributed by atoms with Gasteiger partial charge >= 0.3 is 0 Å². The molecule has 0 aliphatic carbocycles. The van der Waals surface area contributed by atoms with E-state index in [0.717, 1.165) is 6.26 Å². The van der Waals surface area contributed by atoms with Crippen molar-refractivity contribution in [1.82, 2.24) is 10.6 Å². The van der Waals surface area contributed by atoms with E-state index in [-0.39, 0.29) is 10.8 Å². The lowest BCUT2D eigenvalue weighted by molar-refractivity contribution is -0.121. The lowest BCUT2D eigenvalue weighted by atomic mass is 10.3. The molecular weight excluding hydrogens is 280 g/mol. The summed E-state index contributed by atoms with van der Waals surface area (Å²) in [7, 11) is -1.40. The Hall–Kier alpha value is -1.60. The molecule has 0 unspecified atom stereocenters. The average Bonchev–Trinajstić information content (AvgIpc) is 2.41. The molecule has 1 aromatic carbocycles. The van der Waals surface area contributed by atoms with Gasteiger partial charge in [-0.15, -0.1) is 0 Å². The maximum Gasteiger partial charge on any atom is 0.221 e. The summed E-state index contributed by atoms with van der Waals surface area (Å²) < 4.78 is 27.9. The van der Waals surface area contributed by atoms with Crippen LogP contribution in [0.15, 0.2) is 29.2 Å². The van der Waals surface area contributed by atoms with E-state index in [0.29, 0.717) is 31.9 Å². The van der Waals surface area contributed by atoms with Crippen LogP contribution in [0.1, 0.15) is 6.42 Å². The number of ether oxygens (including phenoxy) is 1. The largest absolute Gasteiger partial charge is 0.492 e. The highest BCUT2D eigenvalue weighted by Crippen LogP contribution is 2.15. The summed E-state index contributed by atoms with van der Waals surface area (Å²) in [6.45, 7) is 1.39. The zero-order valence-corrected chi connectivity index (χ0v) is 12.5. The van der Waals surface area contributed by atoms with Crippen LogP contribution in [0.3, 0.4) is 0 Å². The van der Waals surface area contributed by atoms with Crippen LogP contribution in [0.4, 0.5) is 0 Å². The van der Waals surface area contributed by atoms with Gasteiger partial charge in [0.05, 0.1) is 11.4 Å². The Morgan fingerprint density at radius 1 is 1.20 bits per heavy atom. The zero-order valence-electron chi connectivity index (χ0n) is 11.7. The number of carbonyl (C=O) groups excluding carboxylic acids is 1. The highest BCUT2D eigenvalue weighted by molar-refractivity contribution is 7.90. The molecule has 0 saturated carbocycles. The van der Waals surface area contributed by atoms with E-state index < -0.39 is 9.84 Å². The van der Waals surface area contributed by atoms with E-state index in [2.05, 4.69) is 10.6 Å². The van der Waals surface area contributed by atoms with Crippen LogP contribution in [0.2, 0.25) is 0 Å². The van der Waals surface area contributed by atoms with Crippen LogP contribution < -0.4 is 15.4 Å². The minimum Gasteiger partial charge on any atom is -0.492 e. The van der Waals surface area contributed by atoms with Crippen molar-refractivity contribution in [3.8, 4) is 5.75 Å². The summed E-state index contributed by atoms with van der Waals surface area (Å²) in [6, 6.07) is 6.19. The van der Waals surface area contributed by atoms with Gasteiger partial charge in [0.2, 0.25) is 5.91 Å². The van der Waals surface area contributed by atoms with Crippen LogP contribution in [0.5, 0.6) is 5.75 Å². The van der Waals surface area contributed by atoms with Crippen molar-refractivity contribution in [2.75, 3.05) is 33.0 Å². The second-order valence-corrected chi connectivity index (χ2v) is 6.31. The quantitative estimate of drug-likeness (QED) is 0.670. The van der Waals surface area contributed by atoms with Crippen molar-refractivity contribution in [2.45, 2.75) is 11.3 Å². The van der Waals surface area contributed by atoms with Gasteiger partial charge in [0.1, 0.15) is 12.4 Å². The van der Waals surface area contributed by atoms with Crippen molar-refractivity contribution in [1.29, 1.82) is 0 Å². The molecule has 0 radical (unpaired) electrons. The third-order valence-electron chi connectivity index (χ3n) is 2.55. The van der Waals surface area contributed by atoms with E-state index in [1.165, 1.54) is 12.1 Å². The van der Waals surface area contributed by atoms with Gasteiger partial charge in [0, 0.05) is 19.2 Å². The summed E-state index contributed by atoms with van der Waals surface area (Å²) >= 11 is 0. The molecule has 0 bridgehead atoms. The molecule has 1 amide bonds. The standard InChI is InChI=1S/C13H20N2O4S/c1-14-8-7-13(16)15-9-10-19-11-3-5-12(6-4-11)20(2,17)18/h3-6,14H,7-10H2,1-2H3,(H,15,16). The molecule has 1 rings (SSSR count). The van der Waals surface area contributed by atoms with Crippen molar-refractivity contribution < 1.29 is 17.9 Å². The van der Waals surface area contributed by atoms with E-state index >= 15 is 0 Å². The molecule has 0 fully saturated rings. The molecule has 0 spiro atoms. The first-order valence-corrected chi connectivity index (χ1v) is 8.17. The zero-order chi connectivity index (χ0) is 15.0. The molecule has 0 aromatic heterocycles. The lowest BCUT2D eigenvalue weighted by Crippen LogP contribution is -2.30. The highest BCUT2D eigenvalue weighted by Gasteiger charge is 2.06. The molecule has 0 aliphatic rings. The van der Waals surface area contributed by atoms with Gasteiger partial charge in [-0.3, -0.25) is 4.79 Å². The monoisotopic (exact) mass is 300 g/mol. The molecule has 6 nitrogen and oxygen atoms in total. The van der Waals surface area contributed by atoms with Gasteiger partial charge < -0.3 is 15.4 Å². The van der Waals surface area contributed by atoms with Crippen molar-refractivity contribution in [3.05, 3.63) is 24.3 Å². The molecule has 0 aliphatic heterocycles. The summed E-state index contributed by atoms with van der Waals surface area (Å²) in [5.41, 5.74) is 0. The number of sulfone groups is 1. The molecule has 112 valence electrons. The maximum atomic E-state index is 11.3. The molecule has 2 N–H and O–H groups in total. The predicted molar refractivity (Wildman–Crippen MR) is 76.6 cm³/mol. The van der Waals surface area contributed by atoms with Crippen LogP contribution in [0.25, 0.3) is 0 Å². The van der Waals surface area contributed by atoms with E-state index in [9.17, 15) is 13.2 Å². The fourth-order valence-corrected chi connectivity index (χ4v) is 2.10. The third kappa shape index (κ3) is 6.03. The van der Waals surface area contributed by atoms with Gasteiger partial charge in [0.15, 0.2) is 9.84 Å². The Balaban J connectivity index is 2.31.